The summed E-state index contributed by atoms with van der Waals surface area (Å²) < 4.78 is 40.5. The van der Waals surface area contributed by atoms with Crippen molar-refractivity contribution < 1.29 is 22.7 Å². The summed E-state index contributed by atoms with van der Waals surface area (Å²) >= 11 is 0. The van der Waals surface area contributed by atoms with Crippen molar-refractivity contribution in [2.75, 3.05) is 40.5 Å². The Labute approximate surface area is 197 Å². The Morgan fingerprint density at radius 1 is 1.21 bits per heavy atom. The smallest absolute Gasteiger partial charge is 0.249 e. The van der Waals surface area contributed by atoms with Crippen molar-refractivity contribution in [2.45, 2.75) is 51.1 Å². The molecule has 0 aliphatic carbocycles. The summed E-state index contributed by atoms with van der Waals surface area (Å²) in [5.74, 6) is 0.563. The standard InChI is InChI=1S/C24H35N3O5S/c1-6-8-22-21-9-7-10-26(21)11-12-27(22)23(28)17-32-14-13-25(4)33(29,30)24-18(2)15-20(31-5)16-19(24)3/h7,9-10,15-16,22H,6,8,11-14,17H2,1-5H3. The number of rotatable bonds is 10. The lowest BCUT2D eigenvalue weighted by molar-refractivity contribution is -0.140. The molecule has 2 heterocycles. The molecule has 1 aliphatic heterocycles. The van der Waals surface area contributed by atoms with Crippen molar-refractivity contribution in [3.05, 3.63) is 47.3 Å². The Morgan fingerprint density at radius 2 is 1.91 bits per heavy atom. The third-order valence-electron chi connectivity index (χ3n) is 6.16. The number of carbonyl (C=O) groups is 1. The molecule has 1 aliphatic rings. The second-order valence-corrected chi connectivity index (χ2v) is 10.5. The van der Waals surface area contributed by atoms with Gasteiger partial charge in [-0.1, -0.05) is 13.3 Å². The number of fused-ring (bicyclic) bond motifs is 1. The first-order chi connectivity index (χ1) is 15.7. The third kappa shape index (κ3) is 5.42. The zero-order valence-electron chi connectivity index (χ0n) is 20.2. The molecule has 182 valence electrons. The van der Waals surface area contributed by atoms with E-state index in [-0.39, 0.29) is 36.6 Å². The Bertz CT molecular complexity index is 1060. The topological polar surface area (TPSA) is 81.1 Å². The molecule has 0 radical (unpaired) electrons. The van der Waals surface area contributed by atoms with Gasteiger partial charge in [0, 0.05) is 38.6 Å². The van der Waals surface area contributed by atoms with Crippen molar-refractivity contribution in [1.82, 2.24) is 13.8 Å². The van der Waals surface area contributed by atoms with Gasteiger partial charge in [-0.3, -0.25) is 4.79 Å². The average Bonchev–Trinajstić information content (AvgIpc) is 3.25. The fourth-order valence-corrected chi connectivity index (χ4v) is 6.05. The van der Waals surface area contributed by atoms with E-state index in [0.29, 0.717) is 23.4 Å². The summed E-state index contributed by atoms with van der Waals surface area (Å²) in [6.45, 7) is 7.29. The molecule has 1 aromatic heterocycles. The van der Waals surface area contributed by atoms with E-state index >= 15 is 0 Å². The maximum absolute atomic E-state index is 13.1. The second-order valence-electron chi connectivity index (χ2n) is 8.49. The van der Waals surface area contributed by atoms with E-state index in [1.165, 1.54) is 11.4 Å². The number of sulfonamides is 1. The fraction of sp³-hybridized carbons (Fsp3) is 0.542. The van der Waals surface area contributed by atoms with Crippen molar-refractivity contribution in [3.8, 4) is 5.75 Å². The summed E-state index contributed by atoms with van der Waals surface area (Å²) in [6.07, 6.45) is 3.93. The molecule has 1 aromatic carbocycles. The monoisotopic (exact) mass is 477 g/mol. The highest BCUT2D eigenvalue weighted by Gasteiger charge is 2.30. The van der Waals surface area contributed by atoms with Crippen LogP contribution < -0.4 is 4.74 Å². The van der Waals surface area contributed by atoms with E-state index in [1.807, 2.05) is 11.0 Å². The molecular weight excluding hydrogens is 442 g/mol. The second kappa shape index (κ2) is 10.7. The van der Waals surface area contributed by atoms with Gasteiger partial charge in [0.25, 0.3) is 0 Å². The molecule has 0 fully saturated rings. The maximum atomic E-state index is 13.1. The molecule has 9 heteroatoms. The van der Waals surface area contributed by atoms with Crippen molar-refractivity contribution >= 4 is 15.9 Å². The Kier molecular flexibility index (Phi) is 8.20. The van der Waals surface area contributed by atoms with Gasteiger partial charge in [0.05, 0.1) is 24.7 Å². The van der Waals surface area contributed by atoms with Crippen LogP contribution in [0.25, 0.3) is 0 Å². The summed E-state index contributed by atoms with van der Waals surface area (Å²) in [7, 11) is -0.608. The molecule has 1 atom stereocenters. The highest BCUT2D eigenvalue weighted by Crippen LogP contribution is 2.30. The van der Waals surface area contributed by atoms with E-state index in [9.17, 15) is 13.2 Å². The first-order valence-corrected chi connectivity index (χ1v) is 12.8. The van der Waals surface area contributed by atoms with Gasteiger partial charge in [-0.15, -0.1) is 0 Å². The fourth-order valence-electron chi connectivity index (χ4n) is 4.49. The molecule has 8 nitrogen and oxygen atoms in total. The normalized spacial score (nSPS) is 16.2. The summed E-state index contributed by atoms with van der Waals surface area (Å²) in [5.41, 5.74) is 2.42. The van der Waals surface area contributed by atoms with Crippen molar-refractivity contribution in [2.24, 2.45) is 0 Å². The van der Waals surface area contributed by atoms with Crippen LogP contribution in [0, 0.1) is 13.8 Å². The average molecular weight is 478 g/mol. The van der Waals surface area contributed by atoms with Gasteiger partial charge in [0.15, 0.2) is 0 Å². The minimum atomic E-state index is -3.69. The molecule has 0 N–H and O–H groups in total. The van der Waals surface area contributed by atoms with Crippen LogP contribution in [0.2, 0.25) is 0 Å². The van der Waals surface area contributed by atoms with E-state index < -0.39 is 10.0 Å². The zero-order chi connectivity index (χ0) is 24.2. The molecule has 1 amide bonds. The molecule has 0 bridgehead atoms. The maximum Gasteiger partial charge on any atom is 0.249 e. The molecule has 1 unspecified atom stereocenters. The van der Waals surface area contributed by atoms with Gasteiger partial charge in [0.2, 0.25) is 15.9 Å². The largest absolute Gasteiger partial charge is 0.497 e. The molecular formula is C24H35N3O5S. The van der Waals surface area contributed by atoms with Crippen LogP contribution in [0.1, 0.15) is 42.6 Å². The predicted octanol–water partition coefficient (Wildman–Crippen LogP) is 3.13. The number of hydrogen-bond donors (Lipinski definition) is 0. The number of amides is 1. The number of methoxy groups -OCH3 is 1. The van der Waals surface area contributed by atoms with Crippen LogP contribution in [-0.2, 0) is 26.1 Å². The van der Waals surface area contributed by atoms with Crippen molar-refractivity contribution in [3.63, 3.8) is 0 Å². The van der Waals surface area contributed by atoms with Gasteiger partial charge in [-0.25, -0.2) is 8.42 Å². The van der Waals surface area contributed by atoms with E-state index in [0.717, 1.165) is 25.1 Å². The van der Waals surface area contributed by atoms with Crippen LogP contribution in [0.3, 0.4) is 0 Å². The van der Waals surface area contributed by atoms with Crippen LogP contribution in [-0.4, -0.2) is 68.6 Å². The summed E-state index contributed by atoms with van der Waals surface area (Å²) in [6, 6.07) is 7.57. The number of aryl methyl sites for hydroxylation is 2. The number of benzene rings is 1. The molecule has 0 saturated carbocycles. The van der Waals surface area contributed by atoms with E-state index in [4.69, 9.17) is 9.47 Å². The van der Waals surface area contributed by atoms with Crippen LogP contribution in [0.4, 0.5) is 0 Å². The first kappa shape index (κ1) is 25.3. The summed E-state index contributed by atoms with van der Waals surface area (Å²) in [5, 5.41) is 0. The number of ether oxygens (including phenoxy) is 2. The lowest BCUT2D eigenvalue weighted by Gasteiger charge is -2.37. The Morgan fingerprint density at radius 3 is 2.55 bits per heavy atom. The highest BCUT2D eigenvalue weighted by molar-refractivity contribution is 7.89. The van der Waals surface area contributed by atoms with Gasteiger partial charge in [0.1, 0.15) is 12.4 Å². The molecule has 3 rings (SSSR count). The predicted molar refractivity (Wildman–Crippen MR) is 127 cm³/mol. The zero-order valence-corrected chi connectivity index (χ0v) is 21.0. The minimum Gasteiger partial charge on any atom is -0.497 e. The van der Waals surface area contributed by atoms with Crippen LogP contribution in [0.5, 0.6) is 5.75 Å². The first-order valence-electron chi connectivity index (χ1n) is 11.3. The van der Waals surface area contributed by atoms with Gasteiger partial charge in [-0.2, -0.15) is 4.31 Å². The Balaban J connectivity index is 1.57. The lowest BCUT2D eigenvalue weighted by atomic mass is 10.0. The minimum absolute atomic E-state index is 0.0546. The Hall–Kier alpha value is -2.36. The van der Waals surface area contributed by atoms with Gasteiger partial charge in [-0.05, 0) is 55.7 Å². The van der Waals surface area contributed by atoms with Crippen LogP contribution in [0.15, 0.2) is 35.4 Å². The SMILES string of the molecule is CCCC1c2cccn2CCN1C(=O)COCCN(C)S(=O)(=O)c1c(C)cc(OC)cc1C. The third-order valence-corrected chi connectivity index (χ3v) is 8.32. The van der Waals surface area contributed by atoms with E-state index in [2.05, 4.69) is 23.8 Å². The number of nitrogens with zero attached hydrogens (tertiary/aromatic N) is 3. The quantitative estimate of drug-likeness (QED) is 0.491. The number of aromatic nitrogens is 1. The number of carbonyl (C=O) groups excluding carboxylic acids is 1. The molecule has 33 heavy (non-hydrogen) atoms. The molecule has 0 spiro atoms. The molecule has 0 saturated heterocycles. The summed E-state index contributed by atoms with van der Waals surface area (Å²) in [4.78, 5) is 15.0. The number of hydrogen-bond acceptors (Lipinski definition) is 5. The highest BCUT2D eigenvalue weighted by atomic mass is 32.2. The van der Waals surface area contributed by atoms with Gasteiger partial charge >= 0.3 is 0 Å². The molecule has 2 aromatic rings. The van der Waals surface area contributed by atoms with Crippen molar-refractivity contribution in [1.29, 1.82) is 0 Å². The van der Waals surface area contributed by atoms with Crippen LogP contribution >= 0.6 is 0 Å². The van der Waals surface area contributed by atoms with Gasteiger partial charge < -0.3 is 18.9 Å². The number of likely N-dealkylation sites (N-methyl/N-ethyl adjacent to an activating group) is 1. The lowest BCUT2D eigenvalue weighted by Crippen LogP contribution is -2.43. The van der Waals surface area contributed by atoms with E-state index in [1.54, 1.807) is 33.1 Å².